The Morgan fingerprint density at radius 2 is 1.67 bits per heavy atom. The van der Waals surface area contributed by atoms with Gasteiger partial charge in [-0.25, -0.2) is 0 Å². The second-order valence-electron chi connectivity index (χ2n) is 4.42. The van der Waals surface area contributed by atoms with Crippen LogP contribution in [0, 0.1) is 0 Å². The van der Waals surface area contributed by atoms with Gasteiger partial charge in [-0.15, -0.1) is 0 Å². The first-order valence-electron chi connectivity index (χ1n) is 6.49. The molecule has 0 atom stereocenters. The third-order valence-electron chi connectivity index (χ3n) is 3.16. The summed E-state index contributed by atoms with van der Waals surface area (Å²) in [5, 5.41) is 13.0. The fourth-order valence-electron chi connectivity index (χ4n) is 2.00. The Kier molecular flexibility index (Phi) is 4.77. The van der Waals surface area contributed by atoms with E-state index in [9.17, 15) is 5.11 Å². The molecule has 0 aliphatic rings. The van der Waals surface area contributed by atoms with Gasteiger partial charge in [-0.05, 0) is 24.3 Å². The maximum Gasteiger partial charge on any atom is 0.160 e. The van der Waals surface area contributed by atoms with Crippen LogP contribution in [0.25, 0.3) is 0 Å². The molecule has 0 amide bonds. The largest absolute Gasteiger partial charge is 0.504 e. The predicted molar refractivity (Wildman–Crippen MR) is 81.5 cm³/mol. The lowest BCUT2D eigenvalue weighted by Gasteiger charge is -2.13. The summed E-state index contributed by atoms with van der Waals surface area (Å²) in [6.45, 7) is 0.568. The highest BCUT2D eigenvalue weighted by molar-refractivity contribution is 5.55. The number of phenolic OH excluding ortho intramolecular Hbond substituents is 1. The molecule has 5 heteroatoms. The quantitative estimate of drug-likeness (QED) is 0.856. The van der Waals surface area contributed by atoms with Crippen molar-refractivity contribution in [3.05, 3.63) is 42.0 Å². The van der Waals surface area contributed by atoms with E-state index in [0.29, 0.717) is 12.3 Å². The van der Waals surface area contributed by atoms with Crippen molar-refractivity contribution in [2.24, 2.45) is 0 Å². The molecular formula is C16H19NO4. The summed E-state index contributed by atoms with van der Waals surface area (Å²) in [4.78, 5) is 0. The highest BCUT2D eigenvalue weighted by Crippen LogP contribution is 2.30. The van der Waals surface area contributed by atoms with E-state index in [1.54, 1.807) is 26.4 Å². The van der Waals surface area contributed by atoms with Crippen LogP contribution in [-0.2, 0) is 6.54 Å². The van der Waals surface area contributed by atoms with Crippen molar-refractivity contribution in [1.82, 2.24) is 0 Å². The number of ether oxygens (including phenoxy) is 3. The lowest BCUT2D eigenvalue weighted by Crippen LogP contribution is -2.02. The van der Waals surface area contributed by atoms with Gasteiger partial charge in [0.1, 0.15) is 11.5 Å². The van der Waals surface area contributed by atoms with E-state index >= 15 is 0 Å². The Bertz CT molecular complexity index is 613. The molecule has 0 spiro atoms. The van der Waals surface area contributed by atoms with E-state index in [0.717, 1.165) is 22.7 Å². The van der Waals surface area contributed by atoms with Gasteiger partial charge in [-0.3, -0.25) is 0 Å². The van der Waals surface area contributed by atoms with Crippen LogP contribution in [0.15, 0.2) is 36.4 Å². The van der Waals surface area contributed by atoms with Crippen molar-refractivity contribution >= 4 is 5.69 Å². The van der Waals surface area contributed by atoms with Crippen molar-refractivity contribution in [2.75, 3.05) is 26.6 Å². The minimum Gasteiger partial charge on any atom is -0.504 e. The Morgan fingerprint density at radius 1 is 0.905 bits per heavy atom. The highest BCUT2D eigenvalue weighted by Gasteiger charge is 2.06. The number of aromatic hydroxyl groups is 1. The molecule has 0 heterocycles. The second-order valence-corrected chi connectivity index (χ2v) is 4.42. The summed E-state index contributed by atoms with van der Waals surface area (Å²) in [6, 6.07) is 10.8. The molecule has 0 unspecified atom stereocenters. The number of rotatable bonds is 6. The van der Waals surface area contributed by atoms with Gasteiger partial charge < -0.3 is 24.6 Å². The van der Waals surface area contributed by atoms with Gasteiger partial charge in [0.25, 0.3) is 0 Å². The van der Waals surface area contributed by atoms with E-state index in [1.165, 1.54) is 7.11 Å². The van der Waals surface area contributed by atoms with Crippen LogP contribution in [0.3, 0.4) is 0 Å². The molecule has 0 radical (unpaired) electrons. The molecule has 21 heavy (non-hydrogen) atoms. The molecule has 0 saturated heterocycles. The summed E-state index contributed by atoms with van der Waals surface area (Å²) >= 11 is 0. The number of benzene rings is 2. The van der Waals surface area contributed by atoms with Gasteiger partial charge in [0.2, 0.25) is 0 Å². The standard InChI is InChI=1S/C16H19NO4/c1-19-13-6-4-11(16(9-13)21-3)10-17-12-5-7-15(20-2)14(18)8-12/h4-9,17-18H,10H2,1-3H3. The Balaban J connectivity index is 2.10. The van der Waals surface area contributed by atoms with Crippen LogP contribution in [0.1, 0.15) is 5.56 Å². The summed E-state index contributed by atoms with van der Waals surface area (Å²) in [7, 11) is 4.76. The highest BCUT2D eigenvalue weighted by atomic mass is 16.5. The maximum absolute atomic E-state index is 9.75. The van der Waals surface area contributed by atoms with Crippen molar-refractivity contribution in [3.8, 4) is 23.0 Å². The molecule has 0 bridgehead atoms. The molecule has 0 aliphatic heterocycles. The third kappa shape index (κ3) is 3.51. The minimum atomic E-state index is 0.101. The molecule has 2 N–H and O–H groups in total. The number of hydrogen-bond acceptors (Lipinski definition) is 5. The first-order chi connectivity index (χ1) is 10.2. The van der Waals surface area contributed by atoms with Crippen molar-refractivity contribution < 1.29 is 19.3 Å². The summed E-state index contributed by atoms with van der Waals surface area (Å²) in [6.07, 6.45) is 0. The normalized spacial score (nSPS) is 10.0. The molecule has 5 nitrogen and oxygen atoms in total. The molecule has 112 valence electrons. The molecule has 0 saturated carbocycles. The van der Waals surface area contributed by atoms with Gasteiger partial charge in [-0.2, -0.15) is 0 Å². The van der Waals surface area contributed by atoms with E-state index < -0.39 is 0 Å². The monoisotopic (exact) mass is 289 g/mol. The summed E-state index contributed by atoms with van der Waals surface area (Å²) in [5.41, 5.74) is 1.79. The molecule has 0 aliphatic carbocycles. The average molecular weight is 289 g/mol. The number of phenols is 1. The second kappa shape index (κ2) is 6.74. The lowest BCUT2D eigenvalue weighted by molar-refractivity contribution is 0.373. The first kappa shape index (κ1) is 14.8. The van der Waals surface area contributed by atoms with Gasteiger partial charge in [0, 0.05) is 29.9 Å². The maximum atomic E-state index is 9.75. The number of anilines is 1. The van der Waals surface area contributed by atoms with Gasteiger partial charge in [-0.1, -0.05) is 0 Å². The fourth-order valence-corrected chi connectivity index (χ4v) is 2.00. The molecule has 2 aromatic carbocycles. The molecule has 0 aromatic heterocycles. The fraction of sp³-hybridized carbons (Fsp3) is 0.250. The van der Waals surface area contributed by atoms with Crippen molar-refractivity contribution in [1.29, 1.82) is 0 Å². The van der Waals surface area contributed by atoms with Crippen LogP contribution in [0.2, 0.25) is 0 Å². The van der Waals surface area contributed by atoms with Gasteiger partial charge in [0.15, 0.2) is 11.5 Å². The van der Waals surface area contributed by atoms with E-state index in [2.05, 4.69) is 5.32 Å². The lowest BCUT2D eigenvalue weighted by atomic mass is 10.2. The first-order valence-corrected chi connectivity index (χ1v) is 6.49. The molecule has 2 rings (SSSR count). The Morgan fingerprint density at radius 3 is 2.29 bits per heavy atom. The minimum absolute atomic E-state index is 0.101. The number of methoxy groups -OCH3 is 3. The zero-order valence-corrected chi connectivity index (χ0v) is 12.3. The molecular weight excluding hydrogens is 270 g/mol. The van der Waals surface area contributed by atoms with Crippen LogP contribution in [0.5, 0.6) is 23.0 Å². The predicted octanol–water partition coefficient (Wildman–Crippen LogP) is 3.03. The van der Waals surface area contributed by atoms with E-state index in [-0.39, 0.29) is 5.75 Å². The van der Waals surface area contributed by atoms with Crippen LogP contribution in [0.4, 0.5) is 5.69 Å². The third-order valence-corrected chi connectivity index (χ3v) is 3.16. The van der Waals surface area contributed by atoms with E-state index in [1.807, 2.05) is 24.3 Å². The van der Waals surface area contributed by atoms with Crippen molar-refractivity contribution in [2.45, 2.75) is 6.54 Å². The smallest absolute Gasteiger partial charge is 0.160 e. The summed E-state index contributed by atoms with van der Waals surface area (Å²) in [5.74, 6) is 2.05. The van der Waals surface area contributed by atoms with Crippen LogP contribution in [-0.4, -0.2) is 26.4 Å². The Labute approximate surface area is 124 Å². The molecule has 0 fully saturated rings. The zero-order chi connectivity index (χ0) is 15.2. The summed E-state index contributed by atoms with van der Waals surface area (Å²) < 4.78 is 15.5. The van der Waals surface area contributed by atoms with Gasteiger partial charge in [0.05, 0.1) is 21.3 Å². The number of nitrogens with one attached hydrogen (secondary N) is 1. The van der Waals surface area contributed by atoms with Gasteiger partial charge >= 0.3 is 0 Å². The Hall–Kier alpha value is -2.56. The average Bonchev–Trinajstić information content (AvgIpc) is 2.52. The van der Waals surface area contributed by atoms with Crippen LogP contribution < -0.4 is 19.5 Å². The van der Waals surface area contributed by atoms with Crippen molar-refractivity contribution in [3.63, 3.8) is 0 Å². The number of hydrogen-bond donors (Lipinski definition) is 2. The van der Waals surface area contributed by atoms with E-state index in [4.69, 9.17) is 14.2 Å². The zero-order valence-electron chi connectivity index (χ0n) is 12.3. The topological polar surface area (TPSA) is 60.0 Å². The SMILES string of the molecule is COc1ccc(CNc2ccc(OC)c(O)c2)c(OC)c1. The van der Waals surface area contributed by atoms with Crippen LogP contribution >= 0.6 is 0 Å². The molecule has 2 aromatic rings.